The van der Waals surface area contributed by atoms with Gasteiger partial charge in [0.05, 0.1) is 11.1 Å². The number of pyridine rings is 1. The molecule has 1 aliphatic rings. The fraction of sp³-hybridized carbons (Fsp3) is 0.375. The van der Waals surface area contributed by atoms with Crippen LogP contribution in [0, 0.1) is 24.7 Å². The molecule has 0 saturated carbocycles. The molecule has 2 N–H and O–H groups in total. The average Bonchev–Trinajstić information content (AvgIpc) is 3.03. The molecule has 1 atom stereocenters. The third-order valence-corrected chi connectivity index (χ3v) is 5.79. The van der Waals surface area contributed by atoms with Crippen molar-refractivity contribution in [2.75, 3.05) is 19.5 Å². The Morgan fingerprint density at radius 2 is 2.13 bits per heavy atom. The lowest BCUT2D eigenvalue weighted by molar-refractivity contribution is 0.240. The standard InChI is InChI=1S/C24H27N5O/c1-15-7-9-17(10-8-15)20-21-23(25)27-14-28-24(21)29(3)22(20)19-13-26-18(12-16(19)2)6-5-11-30-4/h9,12-15H,7-8,10-11H2,1-4H3,(H2,25,27,28)/t15-/m1/s1. The molecule has 0 unspecified atom stereocenters. The number of aromatic nitrogens is 4. The molecule has 0 bridgehead atoms. The Labute approximate surface area is 177 Å². The van der Waals surface area contributed by atoms with E-state index in [0.29, 0.717) is 18.3 Å². The molecule has 0 spiro atoms. The SMILES string of the molecule is COCC#Cc1cc(C)c(-c2c(C3=CC[C@@H](C)CC3)c3c(N)ncnc3n2C)cn1. The number of fused-ring (bicyclic) bond motifs is 1. The van der Waals surface area contributed by atoms with Crippen LogP contribution >= 0.6 is 0 Å². The number of allylic oxidation sites excluding steroid dienone is 2. The summed E-state index contributed by atoms with van der Waals surface area (Å²) in [7, 11) is 3.67. The van der Waals surface area contributed by atoms with Gasteiger partial charge >= 0.3 is 0 Å². The fourth-order valence-corrected chi connectivity index (χ4v) is 4.17. The molecule has 0 aliphatic heterocycles. The van der Waals surface area contributed by atoms with E-state index in [4.69, 9.17) is 10.5 Å². The van der Waals surface area contributed by atoms with Gasteiger partial charge in [-0.3, -0.25) is 0 Å². The molecule has 3 aromatic rings. The van der Waals surface area contributed by atoms with Gasteiger partial charge in [-0.2, -0.15) is 0 Å². The van der Waals surface area contributed by atoms with Gasteiger partial charge in [-0.05, 0) is 55.2 Å². The number of aryl methyl sites for hydroxylation is 2. The molecule has 0 amide bonds. The van der Waals surface area contributed by atoms with Crippen LogP contribution in [0.25, 0.3) is 27.9 Å². The molecule has 0 saturated heterocycles. The number of hydrogen-bond donors (Lipinski definition) is 1. The van der Waals surface area contributed by atoms with Crippen molar-refractivity contribution in [3.8, 4) is 23.1 Å². The second-order valence-electron chi connectivity index (χ2n) is 7.97. The normalized spacial score (nSPS) is 16.3. The van der Waals surface area contributed by atoms with Gasteiger partial charge in [-0.15, -0.1) is 0 Å². The van der Waals surface area contributed by atoms with E-state index in [9.17, 15) is 0 Å². The first-order valence-corrected chi connectivity index (χ1v) is 10.2. The van der Waals surface area contributed by atoms with E-state index in [0.717, 1.165) is 52.0 Å². The third-order valence-electron chi connectivity index (χ3n) is 5.79. The Bertz CT molecular complexity index is 1200. The van der Waals surface area contributed by atoms with Crippen molar-refractivity contribution in [2.24, 2.45) is 13.0 Å². The van der Waals surface area contributed by atoms with Gasteiger partial charge < -0.3 is 15.0 Å². The Kier molecular flexibility index (Phi) is 5.56. The molecular formula is C24H27N5O. The highest BCUT2D eigenvalue weighted by Gasteiger charge is 2.25. The second-order valence-corrected chi connectivity index (χ2v) is 7.97. The number of ether oxygens (including phenoxy) is 1. The Hall–Kier alpha value is -3.17. The van der Waals surface area contributed by atoms with Crippen LogP contribution in [0.4, 0.5) is 5.82 Å². The van der Waals surface area contributed by atoms with E-state index >= 15 is 0 Å². The van der Waals surface area contributed by atoms with Crippen molar-refractivity contribution >= 4 is 22.4 Å². The molecule has 0 radical (unpaired) electrons. The van der Waals surface area contributed by atoms with Crippen LogP contribution < -0.4 is 5.73 Å². The van der Waals surface area contributed by atoms with E-state index in [1.165, 1.54) is 18.3 Å². The van der Waals surface area contributed by atoms with E-state index in [1.807, 2.05) is 19.3 Å². The van der Waals surface area contributed by atoms with E-state index in [-0.39, 0.29) is 0 Å². The molecule has 0 aromatic carbocycles. The smallest absolute Gasteiger partial charge is 0.146 e. The fourth-order valence-electron chi connectivity index (χ4n) is 4.17. The number of hydrogen-bond acceptors (Lipinski definition) is 5. The van der Waals surface area contributed by atoms with Gasteiger partial charge in [-0.25, -0.2) is 15.0 Å². The van der Waals surface area contributed by atoms with Crippen LogP contribution in [-0.2, 0) is 11.8 Å². The minimum Gasteiger partial charge on any atom is -0.383 e. The van der Waals surface area contributed by atoms with E-state index in [1.54, 1.807) is 7.11 Å². The lowest BCUT2D eigenvalue weighted by Crippen LogP contribution is -2.03. The van der Waals surface area contributed by atoms with E-state index in [2.05, 4.69) is 51.3 Å². The number of nitrogens with two attached hydrogens (primary N) is 1. The number of anilines is 1. The summed E-state index contributed by atoms with van der Waals surface area (Å²) in [5, 5.41) is 0.930. The first kappa shape index (κ1) is 20.1. The number of rotatable bonds is 3. The van der Waals surface area contributed by atoms with Gasteiger partial charge in [0.2, 0.25) is 0 Å². The molecule has 3 heterocycles. The van der Waals surface area contributed by atoms with Crippen LogP contribution in [0.2, 0.25) is 0 Å². The van der Waals surface area contributed by atoms with E-state index < -0.39 is 0 Å². The minimum atomic E-state index is 0.389. The summed E-state index contributed by atoms with van der Waals surface area (Å²) < 4.78 is 7.12. The zero-order valence-electron chi connectivity index (χ0n) is 18.0. The Balaban J connectivity index is 1.94. The van der Waals surface area contributed by atoms with Crippen molar-refractivity contribution in [3.05, 3.63) is 41.5 Å². The summed E-state index contributed by atoms with van der Waals surface area (Å²) in [5.41, 5.74) is 13.6. The van der Waals surface area contributed by atoms with Gasteiger partial charge in [0, 0.05) is 31.5 Å². The summed E-state index contributed by atoms with van der Waals surface area (Å²) in [5.74, 6) is 7.23. The zero-order chi connectivity index (χ0) is 21.3. The monoisotopic (exact) mass is 401 g/mol. The van der Waals surface area contributed by atoms with Crippen molar-refractivity contribution in [1.82, 2.24) is 19.5 Å². The van der Waals surface area contributed by atoms with Crippen LogP contribution in [0.1, 0.15) is 43.0 Å². The average molecular weight is 402 g/mol. The van der Waals surface area contributed by atoms with Crippen LogP contribution in [-0.4, -0.2) is 33.2 Å². The highest BCUT2D eigenvalue weighted by atomic mass is 16.5. The Morgan fingerprint density at radius 1 is 1.30 bits per heavy atom. The van der Waals surface area contributed by atoms with Crippen LogP contribution in [0.15, 0.2) is 24.7 Å². The van der Waals surface area contributed by atoms with Gasteiger partial charge in [-0.1, -0.05) is 18.9 Å². The van der Waals surface area contributed by atoms with Gasteiger partial charge in [0.15, 0.2) is 0 Å². The van der Waals surface area contributed by atoms with Crippen LogP contribution in [0.5, 0.6) is 0 Å². The van der Waals surface area contributed by atoms with Crippen molar-refractivity contribution < 1.29 is 4.74 Å². The summed E-state index contributed by atoms with van der Waals surface area (Å²) in [4.78, 5) is 13.4. The van der Waals surface area contributed by atoms with Gasteiger partial charge in [0.25, 0.3) is 0 Å². The Morgan fingerprint density at radius 3 is 2.83 bits per heavy atom. The molecule has 6 nitrogen and oxygen atoms in total. The predicted molar refractivity (Wildman–Crippen MR) is 121 cm³/mol. The number of nitrogens with zero attached hydrogens (tertiary/aromatic N) is 4. The summed E-state index contributed by atoms with van der Waals surface area (Å²) in [6.07, 6.45) is 9.05. The minimum absolute atomic E-state index is 0.389. The van der Waals surface area contributed by atoms with Crippen molar-refractivity contribution in [1.29, 1.82) is 0 Å². The quantitative estimate of drug-likeness (QED) is 0.668. The molecule has 3 aromatic heterocycles. The number of nitrogen functional groups attached to an aromatic ring is 1. The van der Waals surface area contributed by atoms with Crippen molar-refractivity contribution in [3.63, 3.8) is 0 Å². The maximum absolute atomic E-state index is 6.34. The highest BCUT2D eigenvalue weighted by Crippen LogP contribution is 2.43. The highest BCUT2D eigenvalue weighted by molar-refractivity contribution is 6.04. The lowest BCUT2D eigenvalue weighted by atomic mass is 9.85. The zero-order valence-corrected chi connectivity index (χ0v) is 18.0. The molecule has 0 fully saturated rings. The number of methoxy groups -OCH3 is 1. The predicted octanol–water partition coefficient (Wildman–Crippen LogP) is 4.12. The van der Waals surface area contributed by atoms with Gasteiger partial charge in [0.1, 0.15) is 30.1 Å². The third kappa shape index (κ3) is 3.57. The molecule has 154 valence electrons. The summed E-state index contributed by atoms with van der Waals surface area (Å²) in [6.45, 7) is 4.78. The summed E-state index contributed by atoms with van der Waals surface area (Å²) in [6, 6.07) is 2.02. The first-order chi connectivity index (χ1) is 14.5. The topological polar surface area (TPSA) is 78.9 Å². The molecule has 4 rings (SSSR count). The maximum Gasteiger partial charge on any atom is 0.146 e. The lowest BCUT2D eigenvalue weighted by Gasteiger charge is -2.20. The molecular weight excluding hydrogens is 374 g/mol. The molecule has 30 heavy (non-hydrogen) atoms. The largest absolute Gasteiger partial charge is 0.383 e. The molecule has 6 heteroatoms. The second kappa shape index (κ2) is 8.29. The molecule has 1 aliphatic carbocycles. The maximum atomic E-state index is 6.34. The van der Waals surface area contributed by atoms with Crippen molar-refractivity contribution in [2.45, 2.75) is 33.1 Å². The van der Waals surface area contributed by atoms with Crippen LogP contribution in [0.3, 0.4) is 0 Å². The first-order valence-electron chi connectivity index (χ1n) is 10.2. The summed E-state index contributed by atoms with van der Waals surface area (Å²) >= 11 is 0.